The third-order valence-electron chi connectivity index (χ3n) is 8.33. The van der Waals surface area contributed by atoms with Crippen LogP contribution in [0.3, 0.4) is 0 Å². The number of allylic oxidation sites excluding steroid dienone is 3. The molecule has 244 valence electrons. The molecule has 1 aromatic heterocycles. The first-order valence-corrected chi connectivity index (χ1v) is 15.6. The third kappa shape index (κ3) is 10.7. The fraction of sp³-hybridized carbons (Fsp3) is 0.676. The summed E-state index contributed by atoms with van der Waals surface area (Å²) in [4.78, 5) is 12.9. The van der Waals surface area contributed by atoms with Gasteiger partial charge in [-0.3, -0.25) is 0 Å². The van der Waals surface area contributed by atoms with Gasteiger partial charge >= 0.3 is 5.63 Å². The van der Waals surface area contributed by atoms with E-state index in [2.05, 4.69) is 26.8 Å². The average Bonchev–Trinajstić information content (AvgIpc) is 2.95. The first-order chi connectivity index (χ1) is 20.2. The molecule has 0 aromatic carbocycles. The lowest BCUT2D eigenvalue weighted by Crippen LogP contribution is -2.46. The molecule has 9 nitrogen and oxygen atoms in total. The summed E-state index contributed by atoms with van der Waals surface area (Å²) in [5, 5.41) is 61.7. The van der Waals surface area contributed by atoms with Gasteiger partial charge in [0, 0.05) is 18.4 Å². The van der Waals surface area contributed by atoms with E-state index in [1.54, 1.807) is 26.0 Å². The highest BCUT2D eigenvalue weighted by atomic mass is 16.5. The summed E-state index contributed by atoms with van der Waals surface area (Å²) in [5.74, 6) is -0.0686. The number of rotatable bonds is 16. The van der Waals surface area contributed by atoms with Crippen LogP contribution in [-0.2, 0) is 10.2 Å². The van der Waals surface area contributed by atoms with Crippen LogP contribution in [-0.4, -0.2) is 68.3 Å². The molecule has 2 rings (SSSR count). The van der Waals surface area contributed by atoms with Crippen molar-refractivity contribution in [1.82, 2.24) is 0 Å². The molecule has 2 heterocycles. The molecule has 0 bridgehead atoms. The smallest absolute Gasteiger partial charge is 0.345 e. The second-order valence-corrected chi connectivity index (χ2v) is 12.8. The zero-order valence-electron chi connectivity index (χ0n) is 26.7. The second-order valence-electron chi connectivity index (χ2n) is 12.8. The van der Waals surface area contributed by atoms with Gasteiger partial charge in [0.1, 0.15) is 29.3 Å². The van der Waals surface area contributed by atoms with Crippen molar-refractivity contribution in [3.05, 3.63) is 63.3 Å². The van der Waals surface area contributed by atoms with E-state index in [-0.39, 0.29) is 30.3 Å². The van der Waals surface area contributed by atoms with Crippen molar-refractivity contribution in [2.24, 2.45) is 11.8 Å². The average molecular weight is 607 g/mol. The van der Waals surface area contributed by atoms with Crippen molar-refractivity contribution in [2.45, 2.75) is 122 Å². The van der Waals surface area contributed by atoms with Crippen LogP contribution in [0.5, 0.6) is 5.75 Å². The van der Waals surface area contributed by atoms with Crippen LogP contribution in [0.15, 0.2) is 50.7 Å². The molecular weight excluding hydrogens is 552 g/mol. The predicted octanol–water partition coefficient (Wildman–Crippen LogP) is 4.58. The molecule has 0 aliphatic carbocycles. The van der Waals surface area contributed by atoms with Crippen molar-refractivity contribution in [2.75, 3.05) is 13.2 Å². The normalized spacial score (nSPS) is 24.3. The number of aromatic hydroxyl groups is 1. The van der Waals surface area contributed by atoms with E-state index in [1.165, 1.54) is 43.7 Å². The number of aliphatic hydroxyl groups excluding tert-OH is 5. The van der Waals surface area contributed by atoms with Gasteiger partial charge in [-0.1, -0.05) is 81.4 Å². The quantitative estimate of drug-likeness (QED) is 0.0899. The Balaban J connectivity index is 2.14. The third-order valence-corrected chi connectivity index (χ3v) is 8.33. The number of ether oxygens (including phenoxy) is 1. The minimum Gasteiger partial charge on any atom is -0.507 e. The largest absolute Gasteiger partial charge is 0.507 e. The summed E-state index contributed by atoms with van der Waals surface area (Å²) in [6, 6.07) is 1.20. The maximum absolute atomic E-state index is 12.9. The van der Waals surface area contributed by atoms with Crippen LogP contribution in [0.1, 0.15) is 104 Å². The van der Waals surface area contributed by atoms with Crippen LogP contribution >= 0.6 is 0 Å². The highest BCUT2D eigenvalue weighted by molar-refractivity contribution is 5.36. The van der Waals surface area contributed by atoms with Crippen molar-refractivity contribution in [3.8, 4) is 5.75 Å². The van der Waals surface area contributed by atoms with Crippen molar-refractivity contribution in [1.29, 1.82) is 0 Å². The van der Waals surface area contributed by atoms with Crippen molar-refractivity contribution in [3.63, 3.8) is 0 Å². The Bertz CT molecular complexity index is 1150. The molecule has 43 heavy (non-hydrogen) atoms. The topological polar surface area (TPSA) is 161 Å². The molecule has 0 radical (unpaired) electrons. The summed E-state index contributed by atoms with van der Waals surface area (Å²) < 4.78 is 11.0. The monoisotopic (exact) mass is 606 g/mol. The molecule has 0 saturated carbocycles. The van der Waals surface area contributed by atoms with Crippen LogP contribution in [0.4, 0.5) is 0 Å². The molecule has 0 spiro atoms. The van der Waals surface area contributed by atoms with E-state index in [1.807, 2.05) is 13.0 Å². The van der Waals surface area contributed by atoms with Gasteiger partial charge in [0.15, 0.2) is 0 Å². The molecule has 6 N–H and O–H groups in total. The van der Waals surface area contributed by atoms with Crippen molar-refractivity contribution < 1.29 is 39.8 Å². The number of hydrogen-bond acceptors (Lipinski definition) is 9. The maximum atomic E-state index is 12.9. The summed E-state index contributed by atoms with van der Waals surface area (Å²) in [6.45, 7) is 11.3. The summed E-state index contributed by atoms with van der Waals surface area (Å²) in [5.41, 5.74) is -0.399. The van der Waals surface area contributed by atoms with E-state index in [0.717, 1.165) is 12.0 Å². The number of hydrogen-bond donors (Lipinski definition) is 6. The molecule has 3 unspecified atom stereocenters. The Morgan fingerprint density at radius 2 is 1.84 bits per heavy atom. The predicted molar refractivity (Wildman–Crippen MR) is 167 cm³/mol. The highest BCUT2D eigenvalue weighted by Crippen LogP contribution is 2.37. The lowest BCUT2D eigenvalue weighted by Gasteiger charge is -2.36. The van der Waals surface area contributed by atoms with E-state index in [4.69, 9.17) is 9.15 Å². The minimum atomic E-state index is -1.50. The first-order valence-electron chi connectivity index (χ1n) is 15.6. The fourth-order valence-corrected chi connectivity index (χ4v) is 5.56. The van der Waals surface area contributed by atoms with Gasteiger partial charge in [0.25, 0.3) is 0 Å². The van der Waals surface area contributed by atoms with E-state index in [9.17, 15) is 35.4 Å². The van der Waals surface area contributed by atoms with Crippen LogP contribution in [0, 0.1) is 11.8 Å². The molecule has 7 atom stereocenters. The van der Waals surface area contributed by atoms with E-state index < -0.39 is 53.9 Å². The lowest BCUT2D eigenvalue weighted by atomic mass is 9.82. The zero-order valence-corrected chi connectivity index (χ0v) is 26.7. The summed E-state index contributed by atoms with van der Waals surface area (Å²) >= 11 is 0. The molecule has 1 fully saturated rings. The molecular formula is C34H54O9. The van der Waals surface area contributed by atoms with Gasteiger partial charge in [-0.15, -0.1) is 0 Å². The standard InChI is InChI=1S/C34H54O9/c1-7-8-9-10-11-21(2)14-23(4)16-24(19-35)15-22(3)12-13-28(39)34(5,6)29-18-26(37)30(33(41)43-29)32-31(40)27(38)17-25(20-36)42-32/h12-13,15-16,18,21,24-25,27-28,31-32,35-40H,7-11,14,17,19-20H2,1-6H3/b13-12+,22-15+,23-16+/t21?,24?,25-,27-,28?,31-,32+/m1/s1. The molecule has 9 heteroatoms. The molecule has 1 aliphatic rings. The van der Waals surface area contributed by atoms with Crippen molar-refractivity contribution >= 4 is 0 Å². The Morgan fingerprint density at radius 1 is 1.14 bits per heavy atom. The van der Waals surface area contributed by atoms with Crippen LogP contribution in [0.2, 0.25) is 0 Å². The van der Waals surface area contributed by atoms with Gasteiger partial charge in [-0.05, 0) is 40.0 Å². The van der Waals surface area contributed by atoms with E-state index in [0.29, 0.717) is 5.92 Å². The SMILES string of the molecule is CCCCCCC(C)C/C(C)=C/C(/C=C(C)/C=C/C(O)C(C)(C)c1cc(O)c([C@@H]2O[C@@H](CO)C[C@@H](O)[C@H]2O)c(=O)o1)CO. The second kappa shape index (κ2) is 17.3. The Kier molecular flexibility index (Phi) is 14.8. The van der Waals surface area contributed by atoms with Gasteiger partial charge in [-0.25, -0.2) is 4.79 Å². The molecule has 0 amide bonds. The van der Waals surface area contributed by atoms with Crippen LogP contribution in [0.25, 0.3) is 0 Å². The Morgan fingerprint density at radius 3 is 2.44 bits per heavy atom. The first kappa shape index (κ1) is 36.9. The Labute approximate surface area is 256 Å². The van der Waals surface area contributed by atoms with Crippen LogP contribution < -0.4 is 5.63 Å². The zero-order chi connectivity index (χ0) is 32.3. The lowest BCUT2D eigenvalue weighted by molar-refractivity contribution is -0.180. The Hall–Kier alpha value is -2.27. The fourth-order valence-electron chi connectivity index (χ4n) is 5.56. The highest BCUT2D eigenvalue weighted by Gasteiger charge is 2.41. The van der Waals surface area contributed by atoms with Gasteiger partial charge in [0.05, 0.1) is 36.9 Å². The van der Waals surface area contributed by atoms with Gasteiger partial charge < -0.3 is 39.8 Å². The summed E-state index contributed by atoms with van der Waals surface area (Å²) in [6.07, 6.45) is 8.44. The maximum Gasteiger partial charge on any atom is 0.345 e. The van der Waals surface area contributed by atoms with E-state index >= 15 is 0 Å². The number of unbranched alkanes of at least 4 members (excludes halogenated alkanes) is 3. The molecule has 1 saturated heterocycles. The van der Waals surface area contributed by atoms with Gasteiger partial charge in [-0.2, -0.15) is 0 Å². The minimum absolute atomic E-state index is 0.0118. The number of aliphatic hydroxyl groups is 5. The molecule has 1 aromatic rings. The summed E-state index contributed by atoms with van der Waals surface area (Å²) in [7, 11) is 0. The molecule has 1 aliphatic heterocycles. The van der Waals surface area contributed by atoms with Gasteiger partial charge in [0.2, 0.25) is 0 Å².